The molecule has 0 saturated carbocycles. The van der Waals surface area contributed by atoms with Crippen molar-refractivity contribution in [2.75, 3.05) is 18.2 Å². The zero-order valence-electron chi connectivity index (χ0n) is 12.9. The van der Waals surface area contributed by atoms with E-state index in [4.69, 9.17) is 4.84 Å². The Bertz CT molecular complexity index is 624. The molecule has 0 aliphatic rings. The van der Waals surface area contributed by atoms with Gasteiger partial charge in [0.25, 0.3) is 0 Å². The normalized spacial score (nSPS) is 11.2. The second-order valence-electron chi connectivity index (χ2n) is 4.58. The average molecular weight is 305 g/mol. The van der Waals surface area contributed by atoms with Crippen molar-refractivity contribution in [1.82, 2.24) is 0 Å². The summed E-state index contributed by atoms with van der Waals surface area (Å²) in [4.78, 5) is 5.58. The Hall–Kier alpha value is -1.79. The molecule has 5 nitrogen and oxygen atoms in total. The number of anilines is 1. The second-order valence-corrected chi connectivity index (χ2v) is 5.45. The number of azo groups is 1. The molecule has 0 saturated heterocycles. The fourth-order valence-electron chi connectivity index (χ4n) is 1.93. The first-order chi connectivity index (χ1) is 10.2. The van der Waals surface area contributed by atoms with Crippen molar-refractivity contribution in [3.63, 3.8) is 0 Å². The van der Waals surface area contributed by atoms with Gasteiger partial charge >= 0.3 is 5.13 Å². The highest BCUT2D eigenvalue weighted by Crippen LogP contribution is 2.26. The quantitative estimate of drug-likeness (QED) is 0.458. The predicted molar refractivity (Wildman–Crippen MR) is 85.5 cm³/mol. The highest BCUT2D eigenvalue weighted by atomic mass is 32.1. The lowest BCUT2D eigenvalue weighted by Crippen LogP contribution is -2.23. The highest BCUT2D eigenvalue weighted by molar-refractivity contribution is 7.12. The lowest BCUT2D eigenvalue weighted by Gasteiger charge is -2.21. The summed E-state index contributed by atoms with van der Waals surface area (Å²) in [7, 11) is 1.96. The van der Waals surface area contributed by atoms with Crippen LogP contribution in [0.3, 0.4) is 0 Å². The van der Waals surface area contributed by atoms with E-state index >= 15 is 0 Å². The van der Waals surface area contributed by atoms with Crippen molar-refractivity contribution < 1.29 is 9.40 Å². The van der Waals surface area contributed by atoms with Crippen LogP contribution in [-0.2, 0) is 11.9 Å². The van der Waals surface area contributed by atoms with E-state index in [2.05, 4.69) is 23.2 Å². The smallest absolute Gasteiger partial charge is 0.274 e. The van der Waals surface area contributed by atoms with Crippen LogP contribution in [0.5, 0.6) is 0 Å². The van der Waals surface area contributed by atoms with Gasteiger partial charge in [-0.05, 0) is 61.0 Å². The summed E-state index contributed by atoms with van der Waals surface area (Å²) in [6.45, 7) is 7.54. The van der Waals surface area contributed by atoms with Gasteiger partial charge in [0, 0.05) is 11.9 Å². The van der Waals surface area contributed by atoms with Crippen LogP contribution in [-0.4, -0.2) is 13.2 Å². The summed E-state index contributed by atoms with van der Waals surface area (Å²) < 4.78 is 1.95. The fourth-order valence-corrected chi connectivity index (χ4v) is 2.61. The van der Waals surface area contributed by atoms with E-state index in [0.717, 1.165) is 28.6 Å². The average Bonchev–Trinajstić information content (AvgIpc) is 2.89. The summed E-state index contributed by atoms with van der Waals surface area (Å²) in [6.07, 6.45) is 1.97. The number of aromatic nitrogens is 1. The number of hydroxylamine groups is 1. The molecule has 0 unspecified atom stereocenters. The molecule has 0 bridgehead atoms. The number of benzene rings is 1. The first kappa shape index (κ1) is 15.6. The maximum absolute atomic E-state index is 5.58. The van der Waals surface area contributed by atoms with Crippen LogP contribution >= 0.6 is 11.3 Å². The van der Waals surface area contributed by atoms with E-state index in [9.17, 15) is 0 Å². The first-order valence-corrected chi connectivity index (χ1v) is 7.89. The summed E-state index contributed by atoms with van der Waals surface area (Å²) in [5.41, 5.74) is 2.99. The molecule has 0 radical (unpaired) electrons. The zero-order valence-corrected chi connectivity index (χ0v) is 13.7. The van der Waals surface area contributed by atoms with Gasteiger partial charge in [0.15, 0.2) is 0 Å². The van der Waals surface area contributed by atoms with Gasteiger partial charge in [-0.3, -0.25) is 9.90 Å². The molecule has 0 atom stereocenters. The third kappa shape index (κ3) is 3.86. The second kappa shape index (κ2) is 7.28. The van der Waals surface area contributed by atoms with Crippen LogP contribution in [0.4, 0.5) is 16.5 Å². The Morgan fingerprint density at radius 3 is 2.67 bits per heavy atom. The van der Waals surface area contributed by atoms with Crippen molar-refractivity contribution in [2.24, 2.45) is 17.3 Å². The van der Waals surface area contributed by atoms with Gasteiger partial charge in [-0.15, -0.1) is 0 Å². The third-order valence-electron chi connectivity index (χ3n) is 3.04. The van der Waals surface area contributed by atoms with E-state index in [1.165, 1.54) is 0 Å². The van der Waals surface area contributed by atoms with Crippen LogP contribution in [0.1, 0.15) is 19.4 Å². The molecule has 21 heavy (non-hydrogen) atoms. The minimum Gasteiger partial charge on any atom is -0.274 e. The summed E-state index contributed by atoms with van der Waals surface area (Å²) in [5.74, 6) is 0. The van der Waals surface area contributed by atoms with E-state index < -0.39 is 0 Å². The number of aryl methyl sites for hydroxylation is 2. The lowest BCUT2D eigenvalue weighted by atomic mass is 10.2. The van der Waals surface area contributed by atoms with E-state index in [1.54, 1.807) is 11.3 Å². The largest absolute Gasteiger partial charge is 0.408 e. The Labute approximate surface area is 129 Å². The molecule has 1 aromatic carbocycles. The zero-order chi connectivity index (χ0) is 15.2. The maximum atomic E-state index is 5.58. The van der Waals surface area contributed by atoms with Gasteiger partial charge in [-0.25, -0.2) is 4.57 Å². The van der Waals surface area contributed by atoms with Gasteiger partial charge in [0.2, 0.25) is 0 Å². The molecule has 0 fully saturated rings. The van der Waals surface area contributed by atoms with Gasteiger partial charge in [0.1, 0.15) is 11.9 Å². The number of rotatable bonds is 6. The first-order valence-electron chi connectivity index (χ1n) is 7.01. The standard InChI is InChI=1S/C15H21N4OS/c1-5-19(20-6-2)13-7-8-14(12(3)11-13)16-17-15-18(4)9-10-21-15/h7-11H,5-6H2,1-4H3/q+1. The van der Waals surface area contributed by atoms with Crippen LogP contribution in [0.25, 0.3) is 0 Å². The van der Waals surface area contributed by atoms with Crippen LogP contribution in [0.15, 0.2) is 40.0 Å². The maximum Gasteiger partial charge on any atom is 0.408 e. The Morgan fingerprint density at radius 2 is 2.10 bits per heavy atom. The van der Waals surface area contributed by atoms with Crippen molar-refractivity contribution in [3.05, 3.63) is 35.3 Å². The van der Waals surface area contributed by atoms with E-state index in [0.29, 0.717) is 6.61 Å². The Morgan fingerprint density at radius 1 is 1.29 bits per heavy atom. The van der Waals surface area contributed by atoms with Crippen molar-refractivity contribution in [2.45, 2.75) is 20.8 Å². The molecular weight excluding hydrogens is 284 g/mol. The summed E-state index contributed by atoms with van der Waals surface area (Å²) >= 11 is 1.57. The SMILES string of the molecule is CCON(CC)c1ccc(N=Nc2scc[n+]2C)c(C)c1. The van der Waals surface area contributed by atoms with Gasteiger partial charge < -0.3 is 0 Å². The highest BCUT2D eigenvalue weighted by Gasteiger charge is 2.10. The van der Waals surface area contributed by atoms with Crippen molar-refractivity contribution in [3.8, 4) is 0 Å². The lowest BCUT2D eigenvalue weighted by molar-refractivity contribution is -0.654. The van der Waals surface area contributed by atoms with Crippen LogP contribution in [0, 0.1) is 6.92 Å². The number of hydrogen-bond donors (Lipinski definition) is 0. The van der Waals surface area contributed by atoms with Crippen LogP contribution in [0.2, 0.25) is 0 Å². The fraction of sp³-hybridized carbons (Fsp3) is 0.400. The number of thiazole rings is 1. The summed E-state index contributed by atoms with van der Waals surface area (Å²) in [6, 6.07) is 6.06. The molecule has 0 aliphatic heterocycles. The minimum atomic E-state index is 0.656. The molecule has 1 heterocycles. The molecule has 1 aromatic heterocycles. The van der Waals surface area contributed by atoms with Crippen molar-refractivity contribution >= 4 is 27.8 Å². The molecule has 0 aliphatic carbocycles. The Kier molecular flexibility index (Phi) is 5.41. The summed E-state index contributed by atoms with van der Waals surface area (Å²) in [5, 5.41) is 13.4. The van der Waals surface area contributed by atoms with Gasteiger partial charge in [0.05, 0.1) is 24.5 Å². The molecule has 0 N–H and O–H groups in total. The van der Waals surface area contributed by atoms with Crippen LogP contribution < -0.4 is 9.63 Å². The molecule has 2 aromatic rings. The Balaban J connectivity index is 2.19. The number of nitrogens with zero attached hydrogens (tertiary/aromatic N) is 4. The number of hydrogen-bond acceptors (Lipinski definition) is 5. The third-order valence-corrected chi connectivity index (χ3v) is 3.88. The monoisotopic (exact) mass is 305 g/mol. The molecule has 0 spiro atoms. The molecule has 2 rings (SSSR count). The van der Waals surface area contributed by atoms with Crippen molar-refractivity contribution in [1.29, 1.82) is 0 Å². The van der Waals surface area contributed by atoms with Gasteiger partial charge in [-0.1, -0.05) is 0 Å². The topological polar surface area (TPSA) is 41.1 Å². The van der Waals surface area contributed by atoms with E-state index in [-0.39, 0.29) is 0 Å². The van der Waals surface area contributed by atoms with Gasteiger partial charge in [-0.2, -0.15) is 0 Å². The van der Waals surface area contributed by atoms with E-state index in [1.807, 2.05) is 54.2 Å². The molecule has 112 valence electrons. The predicted octanol–water partition coefficient (Wildman–Crippen LogP) is 4.07. The molecule has 6 heteroatoms. The minimum absolute atomic E-state index is 0.656. The molecule has 0 amide bonds. The molecular formula is C15H21N4OS+.